The average molecular weight is 659 g/mol. The Labute approximate surface area is 275 Å². The summed E-state index contributed by atoms with van der Waals surface area (Å²) in [5.74, 6) is -1.02. The van der Waals surface area contributed by atoms with E-state index in [1.165, 1.54) is 40.1 Å². The second-order valence-electron chi connectivity index (χ2n) is 15.4. The molecule has 0 aromatic heterocycles. The third-order valence-electron chi connectivity index (χ3n) is 9.57. The van der Waals surface area contributed by atoms with Crippen molar-refractivity contribution in [3.8, 4) is 0 Å². The number of fused-ring (bicyclic) bond motifs is 1. The maximum absolute atomic E-state index is 15.0. The summed E-state index contributed by atoms with van der Waals surface area (Å²) >= 11 is 0. The highest BCUT2D eigenvalue weighted by Crippen LogP contribution is 2.49. The van der Waals surface area contributed by atoms with Crippen LogP contribution >= 0.6 is 0 Å². The number of likely N-dealkylation sites (tertiary alicyclic amines) is 2. The summed E-state index contributed by atoms with van der Waals surface area (Å²) in [5.41, 5.74) is -2.60. The van der Waals surface area contributed by atoms with Crippen molar-refractivity contribution in [2.24, 2.45) is 0 Å². The summed E-state index contributed by atoms with van der Waals surface area (Å²) in [6.45, 7) is 14.4. The van der Waals surface area contributed by atoms with Crippen molar-refractivity contribution in [2.75, 3.05) is 6.54 Å². The number of nitrogens with zero attached hydrogens (tertiary/aromatic N) is 2. The van der Waals surface area contributed by atoms with Crippen LogP contribution in [-0.2, 0) is 32.0 Å². The second kappa shape index (κ2) is 12.3. The Bertz CT molecular complexity index is 1520. The van der Waals surface area contributed by atoms with E-state index < -0.39 is 70.5 Å². The maximum atomic E-state index is 15.0. The van der Waals surface area contributed by atoms with Gasteiger partial charge in [0.05, 0.1) is 30.8 Å². The molecule has 0 bridgehead atoms. The Morgan fingerprint density at radius 3 is 2.21 bits per heavy atom. The molecule has 9 nitrogen and oxygen atoms in total. The minimum atomic E-state index is -1.71. The van der Waals surface area contributed by atoms with Crippen LogP contribution < -0.4 is 0 Å². The molecule has 2 fully saturated rings. The lowest BCUT2D eigenvalue weighted by Gasteiger charge is -2.42. The third kappa shape index (κ3) is 6.85. The molecule has 3 aliphatic heterocycles. The Balaban J connectivity index is 1.53. The van der Waals surface area contributed by atoms with Gasteiger partial charge < -0.3 is 29.3 Å². The number of rotatable bonds is 5. The van der Waals surface area contributed by atoms with Crippen molar-refractivity contribution < 1.29 is 42.8 Å². The molecule has 0 saturated carbocycles. The number of hydrogen-bond donors (Lipinski definition) is 2. The summed E-state index contributed by atoms with van der Waals surface area (Å²) < 4.78 is 46.8. The number of halogens is 2. The van der Waals surface area contributed by atoms with Gasteiger partial charge in [-0.15, -0.1) is 0 Å². The Hall–Kier alpha value is -3.28. The lowest BCUT2D eigenvalue weighted by molar-refractivity contribution is -0.0908. The molecule has 3 aliphatic rings. The van der Waals surface area contributed by atoms with Gasteiger partial charge in [0, 0.05) is 6.54 Å². The van der Waals surface area contributed by atoms with Crippen molar-refractivity contribution in [3.05, 3.63) is 70.3 Å². The Morgan fingerprint density at radius 1 is 0.936 bits per heavy atom. The average Bonchev–Trinajstić information content (AvgIpc) is 3.69. The Morgan fingerprint density at radius 2 is 1.55 bits per heavy atom. The Kier molecular flexibility index (Phi) is 9.18. The van der Waals surface area contributed by atoms with Crippen molar-refractivity contribution in [1.82, 2.24) is 9.80 Å². The van der Waals surface area contributed by atoms with Crippen LogP contribution in [0.15, 0.2) is 36.4 Å². The van der Waals surface area contributed by atoms with E-state index in [0.29, 0.717) is 37.8 Å². The summed E-state index contributed by atoms with van der Waals surface area (Å²) in [5, 5.41) is 24.3. The molecule has 2 N–H and O–H groups in total. The van der Waals surface area contributed by atoms with E-state index in [0.717, 1.165) is 5.56 Å². The topological polar surface area (TPSA) is 109 Å². The van der Waals surface area contributed by atoms with Crippen molar-refractivity contribution in [1.29, 1.82) is 0 Å². The zero-order chi connectivity index (χ0) is 34.7. The molecular formula is C36H48F2N2O7. The van der Waals surface area contributed by atoms with E-state index in [-0.39, 0.29) is 17.7 Å². The molecule has 2 aromatic rings. The van der Waals surface area contributed by atoms with E-state index in [4.69, 9.17) is 14.2 Å². The zero-order valence-electron chi connectivity index (χ0n) is 28.6. The third-order valence-corrected chi connectivity index (χ3v) is 9.57. The first-order valence-electron chi connectivity index (χ1n) is 16.4. The molecule has 0 radical (unpaired) electrons. The van der Waals surface area contributed by atoms with Gasteiger partial charge in [-0.05, 0) is 128 Å². The molecule has 47 heavy (non-hydrogen) atoms. The van der Waals surface area contributed by atoms with Crippen LogP contribution in [0.2, 0.25) is 0 Å². The molecule has 2 amide bonds. The number of aliphatic hydroxyl groups excluding tert-OH is 1. The highest BCUT2D eigenvalue weighted by atomic mass is 19.1. The van der Waals surface area contributed by atoms with E-state index in [1.807, 2.05) is 6.92 Å². The quantitative estimate of drug-likeness (QED) is 0.363. The molecule has 0 aliphatic carbocycles. The van der Waals surface area contributed by atoms with Crippen LogP contribution in [0.1, 0.15) is 109 Å². The SMILES string of the molecule is CC(C)(C)OC(=O)N1CCC[C@@H]1C(C)(O)c1ccc(F)cc1C(O)C1CC[C@H]([C@@]2(C)OCc3cc(F)ccc32)N1C(=O)OC(C)(C)C. The summed E-state index contributed by atoms with van der Waals surface area (Å²) in [6.07, 6.45) is -0.884. The van der Waals surface area contributed by atoms with Crippen LogP contribution in [0.3, 0.4) is 0 Å². The molecular weight excluding hydrogens is 610 g/mol. The van der Waals surface area contributed by atoms with Crippen molar-refractivity contribution in [2.45, 2.75) is 134 Å². The number of benzene rings is 2. The minimum absolute atomic E-state index is 0.102. The number of aliphatic hydroxyl groups is 2. The lowest BCUT2D eigenvalue weighted by atomic mass is 9.81. The van der Waals surface area contributed by atoms with Gasteiger partial charge in [0.1, 0.15) is 34.0 Å². The smallest absolute Gasteiger partial charge is 0.411 e. The maximum Gasteiger partial charge on any atom is 0.411 e. The number of ether oxygens (including phenoxy) is 3. The van der Waals surface area contributed by atoms with Crippen LogP contribution in [0.25, 0.3) is 0 Å². The fourth-order valence-electron chi connectivity index (χ4n) is 7.53. The van der Waals surface area contributed by atoms with Gasteiger partial charge in [-0.25, -0.2) is 18.4 Å². The second-order valence-corrected chi connectivity index (χ2v) is 15.4. The summed E-state index contributed by atoms with van der Waals surface area (Å²) in [4.78, 5) is 30.1. The van der Waals surface area contributed by atoms with Gasteiger partial charge in [0.15, 0.2) is 0 Å². The molecule has 2 aromatic carbocycles. The molecule has 258 valence electrons. The molecule has 6 atom stereocenters. The normalized spacial score (nSPS) is 26.6. The van der Waals surface area contributed by atoms with Gasteiger partial charge in [-0.1, -0.05) is 12.1 Å². The standard InChI is InChI=1S/C36H48F2N2O7/c1-33(2,3)46-31(42)39-17-9-10-28(39)35(7,44)26-14-12-23(38)19-24(26)30(41)27-15-16-29(40(27)32(43)47-34(4,5)6)36(8)25-13-11-22(37)18-21(25)20-45-36/h11-14,18-19,27-30,41,44H,9-10,15-17,20H2,1-8H3/t27?,28-,29-,30?,35?,36+/m1/s1. The van der Waals surface area contributed by atoms with Gasteiger partial charge in [-0.2, -0.15) is 0 Å². The van der Waals surface area contributed by atoms with E-state index >= 15 is 0 Å². The molecule has 3 unspecified atom stereocenters. The highest BCUT2D eigenvalue weighted by molar-refractivity contribution is 5.70. The predicted molar refractivity (Wildman–Crippen MR) is 170 cm³/mol. The number of amides is 2. The molecule has 11 heteroatoms. The first-order chi connectivity index (χ1) is 21.7. The van der Waals surface area contributed by atoms with E-state index in [2.05, 4.69) is 0 Å². The van der Waals surface area contributed by atoms with Crippen LogP contribution in [0.5, 0.6) is 0 Å². The van der Waals surface area contributed by atoms with Crippen molar-refractivity contribution >= 4 is 12.2 Å². The van der Waals surface area contributed by atoms with Crippen LogP contribution in [-0.4, -0.2) is 68.1 Å². The van der Waals surface area contributed by atoms with Crippen LogP contribution in [0.4, 0.5) is 18.4 Å². The highest BCUT2D eigenvalue weighted by Gasteiger charge is 2.55. The molecule has 2 saturated heterocycles. The van der Waals surface area contributed by atoms with Gasteiger partial charge >= 0.3 is 12.2 Å². The summed E-state index contributed by atoms with van der Waals surface area (Å²) in [7, 11) is 0. The van der Waals surface area contributed by atoms with Gasteiger partial charge in [-0.3, -0.25) is 4.90 Å². The molecule has 3 heterocycles. The fourth-order valence-corrected chi connectivity index (χ4v) is 7.53. The molecule has 0 spiro atoms. The van der Waals surface area contributed by atoms with Gasteiger partial charge in [0.2, 0.25) is 0 Å². The number of carbonyl (C=O) groups excluding carboxylic acids is 2. The summed E-state index contributed by atoms with van der Waals surface area (Å²) in [6, 6.07) is 6.03. The largest absolute Gasteiger partial charge is 0.444 e. The number of hydrogen-bond acceptors (Lipinski definition) is 7. The monoisotopic (exact) mass is 658 g/mol. The first-order valence-corrected chi connectivity index (χ1v) is 16.4. The number of carbonyl (C=O) groups is 2. The lowest BCUT2D eigenvalue weighted by Crippen LogP contribution is -2.53. The first kappa shape index (κ1) is 35.0. The zero-order valence-corrected chi connectivity index (χ0v) is 28.6. The fraction of sp³-hybridized carbons (Fsp3) is 0.611. The minimum Gasteiger partial charge on any atom is -0.444 e. The predicted octanol–water partition coefficient (Wildman–Crippen LogP) is 6.82. The van der Waals surface area contributed by atoms with Crippen LogP contribution in [0, 0.1) is 11.6 Å². The van der Waals surface area contributed by atoms with Gasteiger partial charge in [0.25, 0.3) is 0 Å². The van der Waals surface area contributed by atoms with Crippen molar-refractivity contribution in [3.63, 3.8) is 0 Å². The van der Waals surface area contributed by atoms with E-state index in [1.54, 1.807) is 54.5 Å². The van der Waals surface area contributed by atoms with E-state index in [9.17, 15) is 28.6 Å². The molecule has 5 rings (SSSR count).